The number of aliphatic hydroxyl groups is 1. The van der Waals surface area contributed by atoms with Crippen molar-refractivity contribution in [3.05, 3.63) is 11.4 Å². The molecule has 3 rings (SSSR count). The summed E-state index contributed by atoms with van der Waals surface area (Å²) in [5, 5.41) is 29.1. The monoisotopic (exact) mass is 211 g/mol. The largest absolute Gasteiger partial charge is 0.382 e. The van der Waals surface area contributed by atoms with E-state index in [-0.39, 0.29) is 12.1 Å². The highest BCUT2D eigenvalue weighted by atomic mass is 16.6. The first kappa shape index (κ1) is 9.26. The minimum absolute atomic E-state index is 0.0670. The van der Waals surface area contributed by atoms with Crippen LogP contribution in [0.5, 0.6) is 0 Å². The standard InChI is InChI=1S/C9H13N3O3/c1-5-4-9(13)7(12(5)14)3-2-6-8(9)11-15-10-6/h5,7,13-14H,2-4H2,1H3/t5-,7-,9-/m1/s1. The van der Waals surface area contributed by atoms with E-state index in [9.17, 15) is 10.3 Å². The molecule has 1 aliphatic heterocycles. The van der Waals surface area contributed by atoms with Gasteiger partial charge < -0.3 is 10.3 Å². The molecule has 2 N–H and O–H groups in total. The minimum Gasteiger partial charge on any atom is -0.382 e. The molecule has 1 aliphatic carbocycles. The molecule has 1 aromatic rings. The van der Waals surface area contributed by atoms with Gasteiger partial charge in [0, 0.05) is 12.5 Å². The van der Waals surface area contributed by atoms with Crippen molar-refractivity contribution in [2.24, 2.45) is 0 Å². The Bertz CT molecular complexity index is 394. The molecule has 6 heteroatoms. The van der Waals surface area contributed by atoms with Crippen LogP contribution in [0.1, 0.15) is 31.2 Å². The van der Waals surface area contributed by atoms with Crippen LogP contribution in [-0.4, -0.2) is 37.8 Å². The highest BCUT2D eigenvalue weighted by Gasteiger charge is 2.55. The molecule has 2 aliphatic rings. The highest BCUT2D eigenvalue weighted by molar-refractivity contribution is 5.26. The van der Waals surface area contributed by atoms with Gasteiger partial charge in [0.15, 0.2) is 0 Å². The number of aryl methyl sites for hydroxylation is 1. The summed E-state index contributed by atoms with van der Waals surface area (Å²) < 4.78 is 4.65. The van der Waals surface area contributed by atoms with Crippen LogP contribution in [0.15, 0.2) is 4.63 Å². The summed E-state index contributed by atoms with van der Waals surface area (Å²) >= 11 is 0. The van der Waals surface area contributed by atoms with Gasteiger partial charge in [-0.25, -0.2) is 4.63 Å². The second-order valence-electron chi connectivity index (χ2n) is 4.47. The van der Waals surface area contributed by atoms with Gasteiger partial charge in [-0.05, 0) is 19.8 Å². The van der Waals surface area contributed by atoms with E-state index >= 15 is 0 Å². The summed E-state index contributed by atoms with van der Waals surface area (Å²) in [6.45, 7) is 1.88. The first-order valence-electron chi connectivity index (χ1n) is 5.14. The third kappa shape index (κ3) is 1.04. The molecule has 0 spiro atoms. The topological polar surface area (TPSA) is 82.6 Å². The quantitative estimate of drug-likeness (QED) is 0.631. The lowest BCUT2D eigenvalue weighted by Gasteiger charge is -2.33. The Morgan fingerprint density at radius 1 is 1.53 bits per heavy atom. The lowest BCUT2D eigenvalue weighted by Crippen LogP contribution is -2.45. The fourth-order valence-corrected chi connectivity index (χ4v) is 2.80. The van der Waals surface area contributed by atoms with Crippen molar-refractivity contribution >= 4 is 0 Å². The Balaban J connectivity index is 2.10. The molecule has 82 valence electrons. The smallest absolute Gasteiger partial charge is 0.141 e. The molecule has 0 radical (unpaired) electrons. The molecular weight excluding hydrogens is 198 g/mol. The van der Waals surface area contributed by atoms with Crippen LogP contribution in [-0.2, 0) is 12.0 Å². The summed E-state index contributed by atoms with van der Waals surface area (Å²) in [6, 6.07) is -0.352. The molecule has 2 heterocycles. The molecule has 3 atom stereocenters. The lowest BCUT2D eigenvalue weighted by atomic mass is 9.81. The third-order valence-corrected chi connectivity index (χ3v) is 3.55. The molecule has 0 bridgehead atoms. The van der Waals surface area contributed by atoms with Gasteiger partial charge in [0.2, 0.25) is 0 Å². The van der Waals surface area contributed by atoms with Crippen molar-refractivity contribution < 1.29 is 14.9 Å². The van der Waals surface area contributed by atoms with Crippen molar-refractivity contribution in [1.29, 1.82) is 0 Å². The first-order chi connectivity index (χ1) is 7.13. The Kier molecular flexibility index (Phi) is 1.72. The molecule has 0 saturated carbocycles. The SMILES string of the molecule is C[C@@H]1C[C@]2(O)c3nonc3CC[C@H]2N1O. The van der Waals surface area contributed by atoms with E-state index in [1.54, 1.807) is 0 Å². The average Bonchev–Trinajstić information content (AvgIpc) is 2.72. The maximum atomic E-state index is 10.5. The zero-order chi connectivity index (χ0) is 10.6. The number of hydrogen-bond acceptors (Lipinski definition) is 6. The molecule has 1 fully saturated rings. The van der Waals surface area contributed by atoms with Crippen LogP contribution in [0.25, 0.3) is 0 Å². The van der Waals surface area contributed by atoms with E-state index in [2.05, 4.69) is 14.9 Å². The number of aromatic nitrogens is 2. The maximum Gasteiger partial charge on any atom is 0.141 e. The summed E-state index contributed by atoms with van der Waals surface area (Å²) in [6.07, 6.45) is 1.84. The van der Waals surface area contributed by atoms with E-state index in [0.717, 1.165) is 5.69 Å². The number of hydrogen-bond donors (Lipinski definition) is 2. The van der Waals surface area contributed by atoms with Crippen molar-refractivity contribution in [3.63, 3.8) is 0 Å². The van der Waals surface area contributed by atoms with Crippen LogP contribution in [0, 0.1) is 0 Å². The van der Waals surface area contributed by atoms with Gasteiger partial charge in [-0.1, -0.05) is 10.3 Å². The van der Waals surface area contributed by atoms with E-state index in [0.29, 0.717) is 25.0 Å². The molecule has 1 saturated heterocycles. The highest BCUT2D eigenvalue weighted by Crippen LogP contribution is 2.45. The molecule has 0 amide bonds. The predicted octanol–water partition coefficient (Wildman–Crippen LogP) is 0.0554. The Morgan fingerprint density at radius 2 is 2.33 bits per heavy atom. The van der Waals surface area contributed by atoms with Crippen LogP contribution in [0.4, 0.5) is 0 Å². The van der Waals surface area contributed by atoms with Gasteiger partial charge in [-0.15, -0.1) is 0 Å². The predicted molar refractivity (Wildman–Crippen MR) is 48.0 cm³/mol. The molecule has 6 nitrogen and oxygen atoms in total. The second-order valence-corrected chi connectivity index (χ2v) is 4.47. The van der Waals surface area contributed by atoms with E-state index in [1.807, 2.05) is 6.92 Å². The maximum absolute atomic E-state index is 10.5. The van der Waals surface area contributed by atoms with Crippen molar-refractivity contribution in [3.8, 4) is 0 Å². The van der Waals surface area contributed by atoms with E-state index < -0.39 is 5.60 Å². The zero-order valence-electron chi connectivity index (χ0n) is 8.42. The molecule has 0 unspecified atom stereocenters. The number of rotatable bonds is 0. The Hall–Kier alpha value is -0.980. The van der Waals surface area contributed by atoms with Gasteiger partial charge in [0.25, 0.3) is 0 Å². The zero-order valence-corrected chi connectivity index (χ0v) is 8.42. The molecular formula is C9H13N3O3. The van der Waals surface area contributed by atoms with E-state index in [1.165, 1.54) is 5.06 Å². The van der Waals surface area contributed by atoms with E-state index in [4.69, 9.17) is 0 Å². The number of nitrogens with zero attached hydrogens (tertiary/aromatic N) is 3. The van der Waals surface area contributed by atoms with Gasteiger partial charge in [-0.3, -0.25) is 0 Å². The summed E-state index contributed by atoms with van der Waals surface area (Å²) in [7, 11) is 0. The summed E-state index contributed by atoms with van der Waals surface area (Å²) in [4.78, 5) is 0. The van der Waals surface area contributed by atoms with Crippen molar-refractivity contribution in [1.82, 2.24) is 15.4 Å². The normalized spacial score (nSPS) is 40.2. The Morgan fingerprint density at radius 3 is 3.13 bits per heavy atom. The van der Waals surface area contributed by atoms with Crippen molar-refractivity contribution in [2.45, 2.75) is 43.9 Å². The average molecular weight is 211 g/mol. The molecule has 0 aromatic carbocycles. The molecule has 1 aromatic heterocycles. The van der Waals surface area contributed by atoms with Crippen LogP contribution < -0.4 is 0 Å². The van der Waals surface area contributed by atoms with Gasteiger partial charge in [0.1, 0.15) is 17.0 Å². The van der Waals surface area contributed by atoms with Crippen LogP contribution in [0.2, 0.25) is 0 Å². The van der Waals surface area contributed by atoms with Crippen LogP contribution >= 0.6 is 0 Å². The van der Waals surface area contributed by atoms with Gasteiger partial charge >= 0.3 is 0 Å². The van der Waals surface area contributed by atoms with Crippen LogP contribution in [0.3, 0.4) is 0 Å². The number of fused-ring (bicyclic) bond motifs is 3. The summed E-state index contributed by atoms with van der Waals surface area (Å²) in [5.41, 5.74) is 0.125. The first-order valence-corrected chi connectivity index (χ1v) is 5.14. The van der Waals surface area contributed by atoms with Gasteiger partial charge in [-0.2, -0.15) is 5.06 Å². The second kappa shape index (κ2) is 2.78. The van der Waals surface area contributed by atoms with Gasteiger partial charge in [0.05, 0.1) is 6.04 Å². The third-order valence-electron chi connectivity index (χ3n) is 3.55. The fourth-order valence-electron chi connectivity index (χ4n) is 2.80. The lowest BCUT2D eigenvalue weighted by molar-refractivity contribution is -0.159. The molecule has 15 heavy (non-hydrogen) atoms. The van der Waals surface area contributed by atoms with Crippen molar-refractivity contribution in [2.75, 3.05) is 0 Å². The Labute approximate surface area is 86.4 Å². The number of hydroxylamine groups is 2. The summed E-state index contributed by atoms with van der Waals surface area (Å²) in [5.74, 6) is 0. The minimum atomic E-state index is -1.10. The fraction of sp³-hybridized carbons (Fsp3) is 0.778.